The average molecular weight is 865 g/mol. The van der Waals surface area contributed by atoms with Gasteiger partial charge in [-0.15, -0.1) is 0 Å². The number of carbonyl (C=O) groups excluding carboxylic acids is 4. The summed E-state index contributed by atoms with van der Waals surface area (Å²) in [4.78, 5) is 48.2. The number of carboxylic acids is 1. The first-order valence-electron chi connectivity index (χ1n) is 19.3. The summed E-state index contributed by atoms with van der Waals surface area (Å²) >= 11 is 0. The Kier molecular flexibility index (Phi) is 17.8. The van der Waals surface area contributed by atoms with E-state index >= 15 is 0 Å². The Morgan fingerprint density at radius 3 is 1.98 bits per heavy atom. The van der Waals surface area contributed by atoms with Crippen LogP contribution in [0.3, 0.4) is 0 Å². The fourth-order valence-corrected chi connectivity index (χ4v) is 7.46. The zero-order valence-corrected chi connectivity index (χ0v) is 35.8. The topological polar surface area (TPSA) is 285 Å². The third kappa shape index (κ3) is 11.8. The standard InChI is InChI=1S/C40H50N4O16.Na/c1-54-36-26(18-56-19-29(47)48)59-39(35(52)32(36)49)60-37-25(58-38(55-2)34(51)33(37)50)16-41-42-27(45)8-3-4-9-28(46)43-44-40(53)57-17-23-13-12-22-11-10-20-6-5-7-21-14-15-24(23)31(22)30(20)21;/h5-7,10-15,25-26,32-39,41,49-52H,3-4,8-9,16-19H2,1-2H3,(H,42,45)(H,43,46)(H,44,53)(H,47,48);/q;+1/p-1. The molecule has 61 heavy (non-hydrogen) atoms. The van der Waals surface area contributed by atoms with E-state index in [-0.39, 0.29) is 55.6 Å². The molecule has 326 valence electrons. The summed E-state index contributed by atoms with van der Waals surface area (Å²) in [6.07, 6.45) is -14.6. The van der Waals surface area contributed by atoms with Crippen molar-refractivity contribution in [1.29, 1.82) is 0 Å². The first kappa shape index (κ1) is 48.2. The second kappa shape index (κ2) is 22.5. The Labute approximate surface area is 371 Å². The van der Waals surface area contributed by atoms with E-state index in [0.29, 0.717) is 12.8 Å². The van der Waals surface area contributed by atoms with Crippen LogP contribution in [0.1, 0.15) is 31.2 Å². The average Bonchev–Trinajstić information content (AvgIpc) is 3.24. The Balaban J connectivity index is 0.00000704. The van der Waals surface area contributed by atoms with Crippen LogP contribution in [0, 0.1) is 0 Å². The molecule has 6 rings (SSSR count). The smallest absolute Gasteiger partial charge is 0.548 e. The van der Waals surface area contributed by atoms with Crippen LogP contribution in [0.5, 0.6) is 0 Å². The number of carboxylic acid groups (broad SMARTS) is 1. The zero-order valence-electron chi connectivity index (χ0n) is 33.8. The van der Waals surface area contributed by atoms with Crippen LogP contribution >= 0.6 is 0 Å². The summed E-state index contributed by atoms with van der Waals surface area (Å²) in [6, 6.07) is 18.2. The van der Waals surface area contributed by atoms with Gasteiger partial charge in [-0.05, 0) is 50.7 Å². The minimum atomic E-state index is -1.73. The van der Waals surface area contributed by atoms with Crippen molar-refractivity contribution in [2.75, 3.05) is 34.0 Å². The van der Waals surface area contributed by atoms with Crippen molar-refractivity contribution in [1.82, 2.24) is 21.7 Å². The maximum absolute atomic E-state index is 12.6. The van der Waals surface area contributed by atoms with Gasteiger partial charge in [-0.2, -0.15) is 0 Å². The fraction of sp³-hybridized carbons (Fsp3) is 0.500. The SMILES string of the molecule is COC1OC(CNNC(=O)CCCCC(=O)NNC(=O)OCc2ccc3ccc4cccc5ccc2c3c45)C(OC2OC(COCC(=O)[O-])C(OC)C(O)C2O)C(O)C1O.[Na+]. The van der Waals surface area contributed by atoms with Gasteiger partial charge in [0, 0.05) is 33.6 Å². The van der Waals surface area contributed by atoms with Gasteiger partial charge in [0.15, 0.2) is 12.6 Å². The summed E-state index contributed by atoms with van der Waals surface area (Å²) in [5, 5.41) is 60.3. The van der Waals surface area contributed by atoms with Gasteiger partial charge in [-0.25, -0.2) is 15.6 Å². The molecule has 10 atom stereocenters. The van der Waals surface area contributed by atoms with Crippen molar-refractivity contribution < 1.29 is 107 Å². The van der Waals surface area contributed by atoms with Gasteiger partial charge >= 0.3 is 35.7 Å². The Morgan fingerprint density at radius 2 is 1.31 bits per heavy atom. The van der Waals surface area contributed by atoms with E-state index in [4.69, 9.17) is 33.2 Å². The number of aliphatic hydroxyl groups excluding tert-OH is 4. The Hall–Kier alpha value is -3.84. The molecule has 0 spiro atoms. The van der Waals surface area contributed by atoms with E-state index in [0.717, 1.165) is 37.9 Å². The van der Waals surface area contributed by atoms with Gasteiger partial charge in [-0.1, -0.05) is 54.6 Å². The van der Waals surface area contributed by atoms with Crippen LogP contribution in [0.25, 0.3) is 32.3 Å². The Bertz CT molecular complexity index is 2080. The second-order valence-electron chi connectivity index (χ2n) is 14.4. The molecule has 8 N–H and O–H groups in total. The molecule has 20 nitrogen and oxygen atoms in total. The summed E-state index contributed by atoms with van der Waals surface area (Å²) in [7, 11) is 2.47. The van der Waals surface area contributed by atoms with Gasteiger partial charge in [0.1, 0.15) is 55.4 Å². The maximum atomic E-state index is 12.6. The molecule has 0 aromatic heterocycles. The number of unbranched alkanes of at least 4 members (excludes halogenated alkanes) is 1. The summed E-state index contributed by atoms with van der Waals surface area (Å²) < 4.78 is 38.0. The number of aliphatic hydroxyl groups is 4. The van der Waals surface area contributed by atoms with Crippen molar-refractivity contribution >= 4 is 56.2 Å². The van der Waals surface area contributed by atoms with Gasteiger partial charge in [0.2, 0.25) is 11.8 Å². The monoisotopic (exact) mass is 864 g/mol. The molecule has 3 amide bonds. The van der Waals surface area contributed by atoms with Crippen molar-refractivity contribution in [2.45, 2.75) is 93.7 Å². The van der Waals surface area contributed by atoms with Crippen molar-refractivity contribution in [2.24, 2.45) is 0 Å². The van der Waals surface area contributed by atoms with Gasteiger partial charge in [-0.3, -0.25) is 20.4 Å². The van der Waals surface area contributed by atoms with E-state index in [9.17, 15) is 44.7 Å². The molecule has 2 fully saturated rings. The maximum Gasteiger partial charge on any atom is 1.00 e. The molecule has 0 bridgehead atoms. The van der Waals surface area contributed by atoms with Gasteiger partial charge < -0.3 is 63.5 Å². The molecule has 4 aromatic rings. The van der Waals surface area contributed by atoms with Crippen LogP contribution in [-0.2, 0) is 54.1 Å². The van der Waals surface area contributed by atoms with E-state index < -0.39 is 98.5 Å². The van der Waals surface area contributed by atoms with Crippen LogP contribution in [0.15, 0.2) is 54.6 Å². The second-order valence-corrected chi connectivity index (χ2v) is 14.4. The van der Waals surface area contributed by atoms with Crippen molar-refractivity contribution in [3.05, 3.63) is 60.2 Å². The van der Waals surface area contributed by atoms with Gasteiger partial charge in [0.25, 0.3) is 0 Å². The molecule has 4 aromatic carbocycles. The number of carbonyl (C=O) groups is 4. The van der Waals surface area contributed by atoms with E-state index in [2.05, 4.69) is 46.0 Å². The number of rotatable bonds is 18. The number of benzene rings is 4. The van der Waals surface area contributed by atoms with E-state index in [1.807, 2.05) is 30.3 Å². The Morgan fingerprint density at radius 1 is 0.705 bits per heavy atom. The zero-order chi connectivity index (χ0) is 42.9. The van der Waals surface area contributed by atoms with Crippen molar-refractivity contribution in [3.8, 4) is 0 Å². The predicted octanol–water partition coefficient (Wildman–Crippen LogP) is -4.27. The predicted molar refractivity (Wildman–Crippen MR) is 206 cm³/mol. The minimum Gasteiger partial charge on any atom is -0.548 e. The molecule has 0 aliphatic carbocycles. The number of hydrogen-bond donors (Lipinski definition) is 8. The minimum absolute atomic E-state index is 0. The molecule has 0 radical (unpaired) electrons. The summed E-state index contributed by atoms with van der Waals surface area (Å²) in [5.74, 6) is -2.44. The first-order chi connectivity index (χ1) is 28.9. The number of aliphatic carboxylic acids is 1. The van der Waals surface area contributed by atoms with E-state index in [1.54, 1.807) is 0 Å². The third-order valence-electron chi connectivity index (χ3n) is 10.4. The largest absolute Gasteiger partial charge is 1.00 e. The number of ether oxygens (including phenoxy) is 7. The van der Waals surface area contributed by atoms with Crippen molar-refractivity contribution in [3.63, 3.8) is 0 Å². The molecular weight excluding hydrogens is 815 g/mol. The molecule has 2 heterocycles. The number of amides is 3. The third-order valence-corrected chi connectivity index (χ3v) is 10.4. The quantitative estimate of drug-likeness (QED) is 0.0203. The van der Waals surface area contributed by atoms with Crippen LogP contribution in [-0.4, -0.2) is 140 Å². The molecule has 2 saturated heterocycles. The summed E-state index contributed by atoms with van der Waals surface area (Å²) in [6.45, 7) is -1.41. The molecule has 0 saturated carbocycles. The molecular formula is C40H49N4NaO16. The van der Waals surface area contributed by atoms with Crippen LogP contribution in [0.2, 0.25) is 0 Å². The number of hydrazine groups is 2. The van der Waals surface area contributed by atoms with Crippen LogP contribution in [0.4, 0.5) is 4.79 Å². The normalized spacial score (nSPS) is 26.5. The van der Waals surface area contributed by atoms with E-state index in [1.165, 1.54) is 14.2 Å². The fourth-order valence-electron chi connectivity index (χ4n) is 7.46. The van der Waals surface area contributed by atoms with Crippen LogP contribution < -0.4 is 56.4 Å². The van der Waals surface area contributed by atoms with Gasteiger partial charge in [0.05, 0.1) is 19.2 Å². The number of methoxy groups -OCH3 is 2. The number of hydrogen-bond acceptors (Lipinski definition) is 17. The molecule has 2 aliphatic heterocycles. The molecule has 10 unspecified atom stereocenters. The number of nitrogens with one attached hydrogen (secondary N) is 4. The summed E-state index contributed by atoms with van der Waals surface area (Å²) in [5.41, 5.74) is 10.5. The molecule has 21 heteroatoms. The molecule has 2 aliphatic rings. The first-order valence-corrected chi connectivity index (χ1v) is 19.3.